The van der Waals surface area contributed by atoms with Gasteiger partial charge in [0.15, 0.2) is 0 Å². The maximum absolute atomic E-state index is 6.20. The highest BCUT2D eigenvalue weighted by atomic mass is 79.9. The van der Waals surface area contributed by atoms with Gasteiger partial charge in [-0.05, 0) is 35.4 Å². The summed E-state index contributed by atoms with van der Waals surface area (Å²) in [4.78, 5) is 3.94. The predicted octanol–water partition coefficient (Wildman–Crippen LogP) is 4.39. The van der Waals surface area contributed by atoms with E-state index in [0.29, 0.717) is 0 Å². The van der Waals surface area contributed by atoms with E-state index in [1.165, 1.54) is 11.9 Å². The number of hydrogen-bond acceptors (Lipinski definition) is 3. The van der Waals surface area contributed by atoms with Gasteiger partial charge in [-0.15, -0.1) is 12.4 Å². The summed E-state index contributed by atoms with van der Waals surface area (Å²) in [5, 5.41) is 8.27. The number of rotatable bonds is 5. The summed E-state index contributed by atoms with van der Waals surface area (Å²) in [5.41, 5.74) is 3.29. The number of halogens is 3. The first-order valence-corrected chi connectivity index (χ1v) is 7.98. The van der Waals surface area contributed by atoms with Crippen LogP contribution in [-0.4, -0.2) is 14.8 Å². The van der Waals surface area contributed by atoms with Crippen LogP contribution in [0.2, 0.25) is 5.02 Å². The molecule has 0 unspecified atom stereocenters. The van der Waals surface area contributed by atoms with E-state index in [4.69, 9.17) is 11.6 Å². The molecule has 1 heterocycles. The average Bonchev–Trinajstić information content (AvgIpc) is 3.04. The minimum atomic E-state index is 0. The van der Waals surface area contributed by atoms with E-state index in [-0.39, 0.29) is 12.4 Å². The molecule has 1 aromatic heterocycles. The van der Waals surface area contributed by atoms with E-state index in [0.717, 1.165) is 33.8 Å². The van der Waals surface area contributed by atoms with E-state index >= 15 is 0 Å². The van der Waals surface area contributed by atoms with Crippen molar-refractivity contribution in [1.82, 2.24) is 20.1 Å². The van der Waals surface area contributed by atoms with Crippen LogP contribution in [-0.2, 0) is 13.1 Å². The van der Waals surface area contributed by atoms with E-state index in [1.54, 1.807) is 11.0 Å². The van der Waals surface area contributed by atoms with Gasteiger partial charge in [0.25, 0.3) is 0 Å². The fourth-order valence-electron chi connectivity index (χ4n) is 2.11. The summed E-state index contributed by atoms with van der Waals surface area (Å²) in [5.74, 6) is 0. The Hall–Kier alpha value is -1.40. The molecule has 0 bridgehead atoms. The molecule has 0 spiro atoms. The number of nitrogens with zero attached hydrogens (tertiary/aromatic N) is 3. The molecule has 0 saturated heterocycles. The lowest BCUT2D eigenvalue weighted by Crippen LogP contribution is -2.13. The van der Waals surface area contributed by atoms with E-state index in [1.807, 2.05) is 30.3 Å². The molecule has 0 radical (unpaired) electrons. The van der Waals surface area contributed by atoms with Crippen molar-refractivity contribution in [2.75, 3.05) is 0 Å². The molecule has 0 saturated carbocycles. The van der Waals surface area contributed by atoms with Crippen LogP contribution < -0.4 is 5.32 Å². The van der Waals surface area contributed by atoms with Gasteiger partial charge in [-0.2, -0.15) is 5.10 Å². The Kier molecular flexibility index (Phi) is 6.59. The molecule has 0 aliphatic rings. The van der Waals surface area contributed by atoms with Crippen LogP contribution in [0.1, 0.15) is 11.1 Å². The van der Waals surface area contributed by atoms with Crippen molar-refractivity contribution in [3.8, 4) is 5.69 Å². The van der Waals surface area contributed by atoms with E-state index in [2.05, 4.69) is 43.5 Å². The van der Waals surface area contributed by atoms with Gasteiger partial charge in [0, 0.05) is 22.6 Å². The topological polar surface area (TPSA) is 42.7 Å². The number of aromatic nitrogens is 3. The second-order valence-corrected chi connectivity index (χ2v) is 6.17. The van der Waals surface area contributed by atoms with Gasteiger partial charge in [-0.25, -0.2) is 9.67 Å². The maximum Gasteiger partial charge on any atom is 0.138 e. The van der Waals surface area contributed by atoms with Gasteiger partial charge in [0.2, 0.25) is 0 Å². The molecule has 3 aromatic rings. The minimum absolute atomic E-state index is 0. The zero-order valence-electron chi connectivity index (χ0n) is 12.1. The third-order valence-corrected chi connectivity index (χ3v) is 4.12. The van der Waals surface area contributed by atoms with Crippen LogP contribution in [0, 0.1) is 0 Å². The van der Waals surface area contributed by atoms with Gasteiger partial charge in [-0.1, -0.05) is 45.7 Å². The molecule has 2 aromatic carbocycles. The highest BCUT2D eigenvalue weighted by molar-refractivity contribution is 9.10. The van der Waals surface area contributed by atoms with Crippen LogP contribution in [0.25, 0.3) is 5.69 Å². The van der Waals surface area contributed by atoms with Gasteiger partial charge in [-0.3, -0.25) is 0 Å². The highest BCUT2D eigenvalue weighted by Crippen LogP contribution is 2.21. The molecule has 0 atom stereocenters. The Morgan fingerprint density at radius 3 is 2.52 bits per heavy atom. The van der Waals surface area contributed by atoms with E-state index in [9.17, 15) is 0 Å². The second kappa shape index (κ2) is 8.45. The van der Waals surface area contributed by atoms with Crippen LogP contribution in [0.15, 0.2) is 59.6 Å². The molecule has 0 fully saturated rings. The lowest BCUT2D eigenvalue weighted by molar-refractivity contribution is 0.693. The second-order valence-electron chi connectivity index (χ2n) is 4.85. The minimum Gasteiger partial charge on any atom is -0.309 e. The largest absolute Gasteiger partial charge is 0.309 e. The first kappa shape index (κ1) is 17.9. The van der Waals surface area contributed by atoms with Gasteiger partial charge >= 0.3 is 0 Å². The average molecular weight is 414 g/mol. The molecule has 0 aliphatic heterocycles. The number of hydrogen-bond donors (Lipinski definition) is 1. The van der Waals surface area contributed by atoms with Crippen molar-refractivity contribution in [2.24, 2.45) is 0 Å². The van der Waals surface area contributed by atoms with Gasteiger partial charge in [0.1, 0.15) is 12.7 Å². The fraction of sp³-hybridized carbons (Fsp3) is 0.125. The zero-order valence-corrected chi connectivity index (χ0v) is 15.3. The molecule has 4 nitrogen and oxygen atoms in total. The summed E-state index contributed by atoms with van der Waals surface area (Å²) < 4.78 is 2.73. The lowest BCUT2D eigenvalue weighted by Gasteiger charge is -2.08. The van der Waals surface area contributed by atoms with Crippen LogP contribution in [0.4, 0.5) is 0 Å². The molecular weight excluding hydrogens is 399 g/mol. The quantitative estimate of drug-likeness (QED) is 0.674. The normalized spacial score (nSPS) is 10.3. The van der Waals surface area contributed by atoms with Gasteiger partial charge < -0.3 is 5.32 Å². The third kappa shape index (κ3) is 4.78. The Morgan fingerprint density at radius 2 is 1.87 bits per heavy atom. The van der Waals surface area contributed by atoms with Crippen molar-refractivity contribution in [1.29, 1.82) is 0 Å². The summed E-state index contributed by atoms with van der Waals surface area (Å²) in [6.07, 6.45) is 3.21. The van der Waals surface area contributed by atoms with Crippen molar-refractivity contribution in [3.63, 3.8) is 0 Å². The molecular formula is C16H15BrCl2N4. The highest BCUT2D eigenvalue weighted by Gasteiger charge is 2.01. The Balaban J connectivity index is 0.00000192. The zero-order chi connectivity index (χ0) is 15.4. The Bertz CT molecular complexity index is 745. The van der Waals surface area contributed by atoms with Crippen LogP contribution in [0.3, 0.4) is 0 Å². The standard InChI is InChI=1S/C16H14BrClN4.ClH/c17-14-4-3-13(16(18)7-14)9-19-8-12-1-5-15(6-2-12)22-11-20-10-21-22;/h1-7,10-11,19H,8-9H2;1H. The molecule has 120 valence electrons. The molecule has 0 amide bonds. The molecule has 23 heavy (non-hydrogen) atoms. The fourth-order valence-corrected chi connectivity index (χ4v) is 2.85. The lowest BCUT2D eigenvalue weighted by atomic mass is 10.2. The summed E-state index contributed by atoms with van der Waals surface area (Å²) in [6.45, 7) is 1.51. The predicted molar refractivity (Wildman–Crippen MR) is 98.3 cm³/mol. The molecule has 7 heteroatoms. The summed E-state index contributed by atoms with van der Waals surface area (Å²) >= 11 is 9.61. The molecule has 0 aliphatic carbocycles. The monoisotopic (exact) mass is 412 g/mol. The first-order valence-electron chi connectivity index (χ1n) is 6.81. The summed E-state index contributed by atoms with van der Waals surface area (Å²) in [7, 11) is 0. The number of nitrogens with one attached hydrogen (secondary N) is 1. The van der Waals surface area contributed by atoms with Crippen LogP contribution >= 0.6 is 39.9 Å². The van der Waals surface area contributed by atoms with Crippen molar-refractivity contribution in [2.45, 2.75) is 13.1 Å². The van der Waals surface area contributed by atoms with Crippen molar-refractivity contribution >= 4 is 39.9 Å². The molecule has 3 rings (SSSR count). The smallest absolute Gasteiger partial charge is 0.138 e. The SMILES string of the molecule is Cl.Clc1cc(Br)ccc1CNCc1ccc(-n2cncn2)cc1. The summed E-state index contributed by atoms with van der Waals surface area (Å²) in [6, 6.07) is 14.1. The van der Waals surface area contributed by atoms with Crippen molar-refractivity contribution in [3.05, 3.63) is 75.7 Å². The first-order chi connectivity index (χ1) is 10.7. The van der Waals surface area contributed by atoms with E-state index < -0.39 is 0 Å². The molecule has 1 N–H and O–H groups in total. The third-order valence-electron chi connectivity index (χ3n) is 3.28. The van der Waals surface area contributed by atoms with Crippen molar-refractivity contribution < 1.29 is 0 Å². The van der Waals surface area contributed by atoms with Crippen LogP contribution in [0.5, 0.6) is 0 Å². The maximum atomic E-state index is 6.20. The van der Waals surface area contributed by atoms with Gasteiger partial charge in [0.05, 0.1) is 5.69 Å². The number of benzene rings is 2. The Labute approximate surface area is 154 Å². The Morgan fingerprint density at radius 1 is 1.09 bits per heavy atom.